The van der Waals surface area contributed by atoms with Crippen LogP contribution < -0.4 is 0 Å². The van der Waals surface area contributed by atoms with E-state index in [1.165, 1.54) is 12.8 Å². The highest BCUT2D eigenvalue weighted by atomic mass is 35.5. The van der Waals surface area contributed by atoms with E-state index in [2.05, 4.69) is 28.5 Å². The molecule has 116 valence electrons. The maximum atomic E-state index is 6.13. The lowest BCUT2D eigenvalue weighted by molar-refractivity contribution is 0.121. The van der Waals surface area contributed by atoms with Gasteiger partial charge in [0.15, 0.2) is 5.65 Å². The molecule has 2 aromatic rings. The molecule has 1 aliphatic rings. The van der Waals surface area contributed by atoms with Crippen LogP contribution >= 0.6 is 11.6 Å². The van der Waals surface area contributed by atoms with Crippen LogP contribution in [0.2, 0.25) is 0 Å². The van der Waals surface area contributed by atoms with Gasteiger partial charge in [-0.05, 0) is 45.3 Å². The fourth-order valence-electron chi connectivity index (χ4n) is 3.35. The van der Waals surface area contributed by atoms with Crippen molar-refractivity contribution in [3.05, 3.63) is 11.5 Å². The van der Waals surface area contributed by atoms with Crippen LogP contribution in [0.4, 0.5) is 0 Å². The van der Waals surface area contributed by atoms with Crippen LogP contribution in [0.15, 0.2) is 0 Å². The van der Waals surface area contributed by atoms with Crippen molar-refractivity contribution in [3.63, 3.8) is 0 Å². The largest absolute Gasteiger partial charge is 0.311 e. The van der Waals surface area contributed by atoms with Crippen LogP contribution in [0, 0.1) is 12.3 Å². The summed E-state index contributed by atoms with van der Waals surface area (Å²) in [6.45, 7) is 7.68. The van der Waals surface area contributed by atoms with E-state index < -0.39 is 0 Å². The molecule has 0 bridgehead atoms. The average Bonchev–Trinajstić information content (AvgIpc) is 2.93. The summed E-state index contributed by atoms with van der Waals surface area (Å²) in [5.74, 6) is 1.41. The summed E-state index contributed by atoms with van der Waals surface area (Å²) in [7, 11) is 4.19. The number of likely N-dealkylation sites (tertiary alicyclic amines) is 1. The summed E-state index contributed by atoms with van der Waals surface area (Å²) in [4.78, 5) is 7.11. The maximum Gasteiger partial charge on any atom is 0.158 e. The van der Waals surface area contributed by atoms with E-state index in [9.17, 15) is 0 Å². The Bertz CT molecular complexity index is 649. The normalized spacial score (nSPS) is 19.5. The molecule has 1 fully saturated rings. The molecule has 1 aliphatic heterocycles. The lowest BCUT2D eigenvalue weighted by Crippen LogP contribution is -2.38. The van der Waals surface area contributed by atoms with Crippen LogP contribution in [-0.4, -0.2) is 44.4 Å². The third-order valence-corrected chi connectivity index (χ3v) is 5.06. The summed E-state index contributed by atoms with van der Waals surface area (Å²) >= 11 is 6.13. The van der Waals surface area contributed by atoms with Crippen molar-refractivity contribution in [2.75, 3.05) is 20.1 Å². The number of aryl methyl sites for hydroxylation is 2. The van der Waals surface area contributed by atoms with Crippen molar-refractivity contribution in [1.29, 1.82) is 0 Å². The number of fused-ring (bicyclic) bond motifs is 1. The fourth-order valence-corrected chi connectivity index (χ4v) is 3.55. The molecule has 2 aromatic heterocycles. The number of nitrogens with zero attached hydrogens (tertiary/aromatic N) is 5. The van der Waals surface area contributed by atoms with E-state index in [-0.39, 0.29) is 0 Å². The second-order valence-corrected chi connectivity index (χ2v) is 7.01. The minimum atomic E-state index is 0.305. The number of alkyl halides is 1. The first-order valence-corrected chi connectivity index (χ1v) is 8.10. The molecule has 0 amide bonds. The Hall–Kier alpha value is -1.07. The van der Waals surface area contributed by atoms with Crippen molar-refractivity contribution in [2.45, 2.75) is 39.1 Å². The monoisotopic (exact) mass is 309 g/mol. The molecule has 3 heterocycles. The second kappa shape index (κ2) is 5.29. The number of hydrogen-bond donors (Lipinski definition) is 0. The van der Waals surface area contributed by atoms with Crippen molar-refractivity contribution < 1.29 is 0 Å². The van der Waals surface area contributed by atoms with Gasteiger partial charge < -0.3 is 9.47 Å². The highest BCUT2D eigenvalue weighted by Crippen LogP contribution is 2.34. The number of piperidine rings is 1. The average molecular weight is 310 g/mol. The Labute approximate surface area is 130 Å². The first-order chi connectivity index (χ1) is 9.93. The number of hydrogen-bond acceptors (Lipinski definition) is 3. The third kappa shape index (κ3) is 2.57. The number of rotatable bonds is 3. The van der Waals surface area contributed by atoms with Gasteiger partial charge in [0.1, 0.15) is 11.3 Å². The molecule has 0 aromatic carbocycles. The second-order valence-electron chi connectivity index (χ2n) is 6.74. The third-order valence-electron chi connectivity index (χ3n) is 4.82. The van der Waals surface area contributed by atoms with Gasteiger partial charge in [0, 0.05) is 13.6 Å². The molecular formula is C15H24ClN5. The SMILES string of the molecule is Cc1nn(C)c2c1nc(CCl)n2CC1(C)CCN(C)CC1. The molecule has 0 unspecified atom stereocenters. The van der Waals surface area contributed by atoms with Crippen molar-refractivity contribution in [3.8, 4) is 0 Å². The zero-order valence-electron chi connectivity index (χ0n) is 13.4. The van der Waals surface area contributed by atoms with Gasteiger partial charge in [0.25, 0.3) is 0 Å². The molecule has 0 atom stereocenters. The summed E-state index contributed by atoms with van der Waals surface area (Å²) in [5, 5.41) is 4.50. The predicted molar refractivity (Wildman–Crippen MR) is 85.6 cm³/mol. The van der Waals surface area contributed by atoms with E-state index in [1.54, 1.807) is 0 Å². The molecule has 0 radical (unpaired) electrons. The quantitative estimate of drug-likeness (QED) is 0.818. The molecule has 3 rings (SSSR count). The zero-order chi connectivity index (χ0) is 15.2. The maximum absolute atomic E-state index is 6.13. The molecule has 5 nitrogen and oxygen atoms in total. The summed E-state index contributed by atoms with van der Waals surface area (Å²) < 4.78 is 4.22. The Morgan fingerprint density at radius 2 is 1.90 bits per heavy atom. The Morgan fingerprint density at radius 3 is 2.52 bits per heavy atom. The van der Waals surface area contributed by atoms with E-state index in [4.69, 9.17) is 16.6 Å². The van der Waals surface area contributed by atoms with Crippen LogP contribution in [0.5, 0.6) is 0 Å². The van der Waals surface area contributed by atoms with Gasteiger partial charge >= 0.3 is 0 Å². The van der Waals surface area contributed by atoms with Crippen LogP contribution in [0.1, 0.15) is 31.3 Å². The summed E-state index contributed by atoms with van der Waals surface area (Å²) in [6, 6.07) is 0. The lowest BCUT2D eigenvalue weighted by Gasteiger charge is -2.38. The Kier molecular flexibility index (Phi) is 3.74. The van der Waals surface area contributed by atoms with Crippen molar-refractivity contribution in [2.24, 2.45) is 12.5 Å². The van der Waals surface area contributed by atoms with Crippen molar-refractivity contribution in [1.82, 2.24) is 24.2 Å². The molecule has 6 heteroatoms. The molecule has 1 saturated heterocycles. The topological polar surface area (TPSA) is 38.9 Å². The van der Waals surface area contributed by atoms with Gasteiger partial charge in [-0.25, -0.2) is 4.98 Å². The first kappa shape index (κ1) is 14.9. The van der Waals surface area contributed by atoms with E-state index in [0.717, 1.165) is 42.3 Å². The minimum absolute atomic E-state index is 0.305. The minimum Gasteiger partial charge on any atom is -0.311 e. The fraction of sp³-hybridized carbons (Fsp3) is 0.733. The first-order valence-electron chi connectivity index (χ1n) is 7.57. The summed E-state index contributed by atoms with van der Waals surface area (Å²) in [5.41, 5.74) is 3.37. The predicted octanol–water partition coefficient (Wildman–Crippen LogP) is 2.55. The molecule has 21 heavy (non-hydrogen) atoms. The summed E-state index contributed by atoms with van der Waals surface area (Å²) in [6.07, 6.45) is 2.42. The van der Waals surface area contributed by atoms with Crippen LogP contribution in [-0.2, 0) is 19.5 Å². The molecule has 0 N–H and O–H groups in total. The van der Waals surface area contributed by atoms with Crippen LogP contribution in [0.25, 0.3) is 11.2 Å². The van der Waals surface area contributed by atoms with E-state index >= 15 is 0 Å². The molecule has 0 spiro atoms. The number of halogens is 1. The number of aromatic nitrogens is 4. The number of imidazole rings is 1. The van der Waals surface area contributed by atoms with Crippen molar-refractivity contribution >= 4 is 22.8 Å². The molecule has 0 aliphatic carbocycles. The molecule has 0 saturated carbocycles. The smallest absolute Gasteiger partial charge is 0.158 e. The highest BCUT2D eigenvalue weighted by molar-refractivity contribution is 6.16. The van der Waals surface area contributed by atoms with Gasteiger partial charge in [0.05, 0.1) is 11.6 Å². The highest BCUT2D eigenvalue weighted by Gasteiger charge is 2.31. The standard InChI is InChI=1S/C15H24ClN5/c1-11-13-14(20(4)18-11)21(12(9-16)17-13)10-15(2)5-7-19(3)8-6-15/h5-10H2,1-4H3. The van der Waals surface area contributed by atoms with Gasteiger partial charge in [-0.15, -0.1) is 11.6 Å². The van der Waals surface area contributed by atoms with Crippen LogP contribution in [0.3, 0.4) is 0 Å². The van der Waals surface area contributed by atoms with Gasteiger partial charge in [0.2, 0.25) is 0 Å². The van der Waals surface area contributed by atoms with Gasteiger partial charge in [-0.3, -0.25) is 4.68 Å². The van der Waals surface area contributed by atoms with Gasteiger partial charge in [-0.2, -0.15) is 5.10 Å². The van der Waals surface area contributed by atoms with E-state index in [0.29, 0.717) is 11.3 Å². The lowest BCUT2D eigenvalue weighted by atomic mass is 9.80. The zero-order valence-corrected chi connectivity index (χ0v) is 14.1. The Balaban J connectivity index is 1.99. The molecular weight excluding hydrogens is 286 g/mol. The van der Waals surface area contributed by atoms with E-state index in [1.807, 2.05) is 18.7 Å². The van der Waals surface area contributed by atoms with Gasteiger partial charge in [-0.1, -0.05) is 6.92 Å². The Morgan fingerprint density at radius 1 is 1.24 bits per heavy atom.